The van der Waals surface area contributed by atoms with Crippen molar-refractivity contribution in [1.82, 2.24) is 0 Å². The molecule has 0 saturated heterocycles. The summed E-state index contributed by atoms with van der Waals surface area (Å²) in [7, 11) is 0. The Morgan fingerprint density at radius 3 is 1.96 bits per heavy atom. The van der Waals surface area contributed by atoms with Gasteiger partial charge in [0.25, 0.3) is 5.91 Å². The van der Waals surface area contributed by atoms with Crippen molar-refractivity contribution >= 4 is 23.0 Å². The molecule has 3 aromatic rings. The van der Waals surface area contributed by atoms with Gasteiger partial charge in [0.15, 0.2) is 0 Å². The maximum Gasteiger partial charge on any atom is 0.255 e. The molecule has 124 valence electrons. The Morgan fingerprint density at radius 2 is 1.32 bits per heavy atom. The predicted octanol–water partition coefficient (Wildman–Crippen LogP) is 4.78. The summed E-state index contributed by atoms with van der Waals surface area (Å²) in [6, 6.07) is 26.6. The van der Waals surface area contributed by atoms with Gasteiger partial charge in [0.1, 0.15) is 0 Å². The number of rotatable bonds is 5. The molecule has 0 heterocycles. The van der Waals surface area contributed by atoms with Crippen molar-refractivity contribution < 1.29 is 4.79 Å². The molecule has 0 aromatic heterocycles. The van der Waals surface area contributed by atoms with Crippen LogP contribution < -0.4 is 10.7 Å². The molecule has 25 heavy (non-hydrogen) atoms. The Morgan fingerprint density at radius 1 is 0.720 bits per heavy atom. The van der Waals surface area contributed by atoms with Gasteiger partial charge in [-0.05, 0) is 48.9 Å². The molecule has 0 aliphatic carbocycles. The maximum absolute atomic E-state index is 12.1. The van der Waals surface area contributed by atoms with E-state index in [1.165, 1.54) is 0 Å². The average molecular weight is 329 g/mol. The van der Waals surface area contributed by atoms with Gasteiger partial charge >= 0.3 is 0 Å². The van der Waals surface area contributed by atoms with Crippen LogP contribution in [0.25, 0.3) is 0 Å². The Labute approximate surface area is 147 Å². The molecule has 4 nitrogen and oxygen atoms in total. The standard InChI is InChI=1S/C21H19N3O/c1-16(23-24-20-10-6-3-7-11-20)17-12-14-19(15-13-17)22-21(25)18-8-4-2-5-9-18/h2-15,24H,1H3,(H,22,25). The van der Waals surface area contributed by atoms with Crippen LogP contribution in [0.1, 0.15) is 22.8 Å². The van der Waals surface area contributed by atoms with Crippen molar-refractivity contribution in [3.63, 3.8) is 0 Å². The van der Waals surface area contributed by atoms with Gasteiger partial charge in [-0.2, -0.15) is 5.10 Å². The molecular weight excluding hydrogens is 310 g/mol. The highest BCUT2D eigenvalue weighted by Crippen LogP contribution is 2.13. The number of carbonyl (C=O) groups is 1. The Bertz CT molecular complexity index is 857. The summed E-state index contributed by atoms with van der Waals surface area (Å²) in [5.74, 6) is -0.121. The number of nitrogens with one attached hydrogen (secondary N) is 2. The summed E-state index contributed by atoms with van der Waals surface area (Å²) in [6.07, 6.45) is 0. The van der Waals surface area contributed by atoms with E-state index in [2.05, 4.69) is 15.8 Å². The van der Waals surface area contributed by atoms with E-state index in [1.807, 2.05) is 79.7 Å². The fourth-order valence-electron chi connectivity index (χ4n) is 2.31. The predicted molar refractivity (Wildman–Crippen MR) is 103 cm³/mol. The molecule has 0 unspecified atom stereocenters. The van der Waals surface area contributed by atoms with E-state index in [9.17, 15) is 4.79 Å². The van der Waals surface area contributed by atoms with E-state index in [0.29, 0.717) is 5.56 Å². The van der Waals surface area contributed by atoms with Gasteiger partial charge in [0.05, 0.1) is 11.4 Å². The van der Waals surface area contributed by atoms with Gasteiger partial charge < -0.3 is 5.32 Å². The fraction of sp³-hybridized carbons (Fsp3) is 0.0476. The van der Waals surface area contributed by atoms with E-state index in [-0.39, 0.29) is 5.91 Å². The second-order valence-electron chi connectivity index (χ2n) is 5.57. The Hall–Kier alpha value is -3.40. The molecule has 2 N–H and O–H groups in total. The van der Waals surface area contributed by atoms with Crippen LogP contribution in [0.2, 0.25) is 0 Å². The van der Waals surface area contributed by atoms with E-state index in [1.54, 1.807) is 12.1 Å². The molecule has 0 aliphatic heterocycles. The lowest BCUT2D eigenvalue weighted by Crippen LogP contribution is -2.11. The molecule has 1 amide bonds. The first-order valence-corrected chi connectivity index (χ1v) is 8.04. The zero-order valence-electron chi connectivity index (χ0n) is 13.9. The summed E-state index contributed by atoms with van der Waals surface area (Å²) in [5.41, 5.74) is 7.21. The number of hydrazone groups is 1. The summed E-state index contributed by atoms with van der Waals surface area (Å²) >= 11 is 0. The smallest absolute Gasteiger partial charge is 0.255 e. The number of carbonyl (C=O) groups excluding carboxylic acids is 1. The van der Waals surface area contributed by atoms with Crippen molar-refractivity contribution in [2.75, 3.05) is 10.7 Å². The fourth-order valence-corrected chi connectivity index (χ4v) is 2.31. The molecular formula is C21H19N3O. The third-order valence-electron chi connectivity index (χ3n) is 3.72. The van der Waals surface area contributed by atoms with Crippen LogP contribution in [0.3, 0.4) is 0 Å². The lowest BCUT2D eigenvalue weighted by molar-refractivity contribution is 0.102. The summed E-state index contributed by atoms with van der Waals surface area (Å²) in [6.45, 7) is 1.94. The van der Waals surface area contributed by atoms with Gasteiger partial charge in [-0.3, -0.25) is 10.2 Å². The molecule has 0 bridgehead atoms. The minimum absolute atomic E-state index is 0.121. The number of para-hydroxylation sites is 1. The summed E-state index contributed by atoms with van der Waals surface area (Å²) in [5, 5.41) is 7.27. The Balaban J connectivity index is 1.64. The number of nitrogens with zero attached hydrogens (tertiary/aromatic N) is 1. The van der Waals surface area contributed by atoms with Gasteiger partial charge in [-0.1, -0.05) is 48.5 Å². The topological polar surface area (TPSA) is 53.5 Å². The molecule has 0 fully saturated rings. The third kappa shape index (κ3) is 4.54. The van der Waals surface area contributed by atoms with Crippen LogP contribution >= 0.6 is 0 Å². The zero-order valence-corrected chi connectivity index (χ0v) is 13.9. The molecule has 0 saturated carbocycles. The van der Waals surface area contributed by atoms with Crippen LogP contribution in [0.4, 0.5) is 11.4 Å². The highest BCUT2D eigenvalue weighted by atomic mass is 16.1. The number of hydrogen-bond acceptors (Lipinski definition) is 3. The van der Waals surface area contributed by atoms with Crippen molar-refractivity contribution in [2.45, 2.75) is 6.92 Å². The van der Waals surface area contributed by atoms with E-state index < -0.39 is 0 Å². The van der Waals surface area contributed by atoms with Crippen LogP contribution in [0.15, 0.2) is 90.0 Å². The van der Waals surface area contributed by atoms with E-state index >= 15 is 0 Å². The van der Waals surface area contributed by atoms with Crippen LogP contribution in [-0.2, 0) is 0 Å². The highest BCUT2D eigenvalue weighted by Gasteiger charge is 2.05. The Kier molecular flexibility index (Phi) is 5.22. The van der Waals surface area contributed by atoms with E-state index in [4.69, 9.17) is 0 Å². The number of hydrogen-bond donors (Lipinski definition) is 2. The first-order chi connectivity index (χ1) is 12.2. The third-order valence-corrected chi connectivity index (χ3v) is 3.72. The largest absolute Gasteiger partial charge is 0.322 e. The van der Waals surface area contributed by atoms with Crippen LogP contribution in [0, 0.1) is 0 Å². The molecule has 4 heteroatoms. The van der Waals surface area contributed by atoms with Gasteiger partial charge in [-0.15, -0.1) is 0 Å². The minimum Gasteiger partial charge on any atom is -0.322 e. The van der Waals surface area contributed by atoms with Crippen molar-refractivity contribution in [1.29, 1.82) is 0 Å². The monoisotopic (exact) mass is 329 g/mol. The van der Waals surface area contributed by atoms with Gasteiger partial charge in [0, 0.05) is 11.3 Å². The summed E-state index contributed by atoms with van der Waals surface area (Å²) < 4.78 is 0. The molecule has 0 spiro atoms. The molecule has 0 radical (unpaired) electrons. The molecule has 3 aromatic carbocycles. The second kappa shape index (κ2) is 7.93. The lowest BCUT2D eigenvalue weighted by Gasteiger charge is -2.07. The minimum atomic E-state index is -0.121. The van der Waals surface area contributed by atoms with Gasteiger partial charge in [0.2, 0.25) is 0 Å². The van der Waals surface area contributed by atoms with E-state index in [0.717, 1.165) is 22.6 Å². The van der Waals surface area contributed by atoms with Crippen LogP contribution in [0.5, 0.6) is 0 Å². The maximum atomic E-state index is 12.1. The lowest BCUT2D eigenvalue weighted by atomic mass is 10.1. The quantitative estimate of drug-likeness (QED) is 0.523. The molecule has 0 aliphatic rings. The molecule has 3 rings (SSSR count). The second-order valence-corrected chi connectivity index (χ2v) is 5.57. The number of amides is 1. The summed E-state index contributed by atoms with van der Waals surface area (Å²) in [4.78, 5) is 12.1. The number of anilines is 2. The SMILES string of the molecule is CC(=NNc1ccccc1)c1ccc(NC(=O)c2ccccc2)cc1. The normalized spacial score (nSPS) is 11.0. The van der Waals surface area contributed by atoms with Crippen molar-refractivity contribution in [3.05, 3.63) is 96.1 Å². The van der Waals surface area contributed by atoms with Gasteiger partial charge in [-0.25, -0.2) is 0 Å². The average Bonchev–Trinajstić information content (AvgIpc) is 2.68. The zero-order chi connectivity index (χ0) is 17.5. The first kappa shape index (κ1) is 16.5. The first-order valence-electron chi connectivity index (χ1n) is 8.04. The number of benzene rings is 3. The van der Waals surface area contributed by atoms with Crippen LogP contribution in [-0.4, -0.2) is 11.6 Å². The van der Waals surface area contributed by atoms with Crippen molar-refractivity contribution in [2.24, 2.45) is 5.10 Å². The molecule has 0 atom stereocenters. The highest BCUT2D eigenvalue weighted by molar-refractivity contribution is 6.04. The van der Waals surface area contributed by atoms with Crippen molar-refractivity contribution in [3.8, 4) is 0 Å².